The number of nitrogens with one attached hydrogen (secondary N) is 2. The molecule has 168 valence electrons. The van der Waals surface area contributed by atoms with Gasteiger partial charge in [0.2, 0.25) is 0 Å². The molecule has 5 N–H and O–H groups in total. The second-order valence-corrected chi connectivity index (χ2v) is 6.83. The fraction of sp³-hybridized carbons (Fsp3) is 0.200. The monoisotopic (exact) mass is 461 g/mol. The zero-order valence-electron chi connectivity index (χ0n) is 16.6. The normalized spacial score (nSPS) is 16.8. The molecule has 4 rings (SSSR count). The lowest BCUT2D eigenvalue weighted by atomic mass is 10.1. The minimum Gasteiger partial charge on any atom is -0.399 e. The van der Waals surface area contributed by atoms with Crippen LogP contribution in [0.25, 0.3) is 11.4 Å². The van der Waals surface area contributed by atoms with E-state index in [9.17, 15) is 19.5 Å². The highest BCUT2D eigenvalue weighted by atomic mass is 35.5. The van der Waals surface area contributed by atoms with Crippen molar-refractivity contribution in [3.63, 3.8) is 0 Å². The van der Waals surface area contributed by atoms with Gasteiger partial charge in [0.15, 0.2) is 18.0 Å². The number of aromatic nitrogens is 2. The topological polar surface area (TPSA) is 164 Å². The minimum absolute atomic E-state index is 0. The lowest BCUT2D eigenvalue weighted by Gasteiger charge is -2.34. The van der Waals surface area contributed by atoms with Crippen molar-refractivity contribution in [3.05, 3.63) is 59.1 Å². The molecule has 1 aliphatic heterocycles. The molecule has 0 bridgehead atoms. The first-order valence-electron chi connectivity index (χ1n) is 9.36. The van der Waals surface area contributed by atoms with Gasteiger partial charge < -0.3 is 25.8 Å². The maximum Gasteiger partial charge on any atom is 0.439 e. The van der Waals surface area contributed by atoms with Gasteiger partial charge in [-0.3, -0.25) is 19.1 Å². The van der Waals surface area contributed by atoms with Crippen molar-refractivity contribution in [2.45, 2.75) is 12.2 Å². The number of benzene rings is 2. The molecule has 2 amide bonds. The van der Waals surface area contributed by atoms with E-state index >= 15 is 0 Å². The van der Waals surface area contributed by atoms with Crippen molar-refractivity contribution in [2.24, 2.45) is 0 Å². The fourth-order valence-corrected chi connectivity index (χ4v) is 3.16. The van der Waals surface area contributed by atoms with E-state index in [0.717, 1.165) is 0 Å². The van der Waals surface area contributed by atoms with Crippen LogP contribution in [0.5, 0.6) is 0 Å². The summed E-state index contributed by atoms with van der Waals surface area (Å²) in [4.78, 5) is 40.2. The van der Waals surface area contributed by atoms with E-state index < -0.39 is 29.8 Å². The Morgan fingerprint density at radius 3 is 2.50 bits per heavy atom. The largest absolute Gasteiger partial charge is 0.439 e. The number of anilines is 3. The van der Waals surface area contributed by atoms with Crippen LogP contribution in [0.3, 0.4) is 0 Å². The van der Waals surface area contributed by atoms with E-state index in [2.05, 4.69) is 20.0 Å². The van der Waals surface area contributed by atoms with Crippen molar-refractivity contribution in [1.82, 2.24) is 10.1 Å². The number of hydrogen-bond acceptors (Lipinski definition) is 8. The Kier molecular flexibility index (Phi) is 6.93. The molecule has 1 aromatic heterocycles. The fourth-order valence-electron chi connectivity index (χ4n) is 3.16. The molecule has 2 atom stereocenters. The average Bonchev–Trinajstić information content (AvgIpc) is 3.21. The van der Waals surface area contributed by atoms with Gasteiger partial charge in [-0.05, 0) is 48.5 Å². The highest BCUT2D eigenvalue weighted by molar-refractivity contribution is 6.03. The molecule has 11 nitrogen and oxygen atoms in total. The minimum atomic E-state index is -1.71. The number of nitrogens with two attached hydrogens (primary N) is 1. The number of H-pyrrole nitrogens is 1. The van der Waals surface area contributed by atoms with Gasteiger partial charge in [0.25, 0.3) is 11.8 Å². The standard InChI is InChI=1S/C20H19N5O6.ClH/c21-12-3-7-14(8-4-12)25-9-10-30-16(19(25)28)15(26)18(27)22-13-5-1-11(2-6-13)17-23-20(29)31-24-17;/h1-8,15-16,26H,9-10,21H2,(H,22,27)(H,23,24,29);1H/t15-,16-;/m1./s1. The van der Waals surface area contributed by atoms with Crippen LogP contribution in [0.1, 0.15) is 0 Å². The van der Waals surface area contributed by atoms with Gasteiger partial charge in [0.1, 0.15) is 0 Å². The van der Waals surface area contributed by atoms with Gasteiger partial charge in [-0.1, -0.05) is 5.16 Å². The van der Waals surface area contributed by atoms with E-state index in [1.165, 1.54) is 4.90 Å². The summed E-state index contributed by atoms with van der Waals surface area (Å²) < 4.78 is 9.84. The van der Waals surface area contributed by atoms with E-state index in [1.54, 1.807) is 48.5 Å². The predicted molar refractivity (Wildman–Crippen MR) is 117 cm³/mol. The van der Waals surface area contributed by atoms with Gasteiger partial charge >= 0.3 is 5.76 Å². The van der Waals surface area contributed by atoms with Crippen LogP contribution in [-0.4, -0.2) is 52.4 Å². The molecular weight excluding hydrogens is 442 g/mol. The number of rotatable bonds is 5. The summed E-state index contributed by atoms with van der Waals surface area (Å²) in [6.07, 6.45) is -3.05. The summed E-state index contributed by atoms with van der Waals surface area (Å²) in [5, 5.41) is 16.6. The molecular formula is C20H20ClN5O6. The smallest absolute Gasteiger partial charge is 0.399 e. The summed E-state index contributed by atoms with van der Waals surface area (Å²) in [5.74, 6) is -1.75. The number of carbonyl (C=O) groups excluding carboxylic acids is 2. The number of halogens is 1. The maximum atomic E-state index is 12.8. The third-order valence-corrected chi connectivity index (χ3v) is 4.75. The van der Waals surface area contributed by atoms with Gasteiger partial charge in [0.05, 0.1) is 6.61 Å². The number of ether oxygens (including phenoxy) is 1. The van der Waals surface area contributed by atoms with Crippen LogP contribution >= 0.6 is 12.4 Å². The SMILES string of the molecule is Cl.Nc1ccc(N2CCO[C@H]([C@@H](O)C(=O)Nc3ccc(-c4noc(=O)[nH]4)cc3)C2=O)cc1. The lowest BCUT2D eigenvalue weighted by molar-refractivity contribution is -0.150. The van der Waals surface area contributed by atoms with E-state index in [1.807, 2.05) is 0 Å². The van der Waals surface area contributed by atoms with Crippen LogP contribution in [0.15, 0.2) is 57.8 Å². The summed E-state index contributed by atoms with van der Waals surface area (Å²) in [7, 11) is 0. The Labute approximate surface area is 187 Å². The van der Waals surface area contributed by atoms with Gasteiger partial charge in [-0.15, -0.1) is 12.4 Å². The Hall–Kier alpha value is -3.67. The molecule has 0 spiro atoms. The summed E-state index contributed by atoms with van der Waals surface area (Å²) in [5.41, 5.74) is 7.77. The first-order chi connectivity index (χ1) is 14.9. The summed E-state index contributed by atoms with van der Waals surface area (Å²) in [6, 6.07) is 13.0. The number of morpholine rings is 1. The second-order valence-electron chi connectivity index (χ2n) is 6.83. The van der Waals surface area contributed by atoms with E-state index in [0.29, 0.717) is 29.2 Å². The lowest BCUT2D eigenvalue weighted by Crippen LogP contribution is -2.55. The molecule has 1 aliphatic rings. The van der Waals surface area contributed by atoms with Crippen LogP contribution < -0.4 is 21.7 Å². The van der Waals surface area contributed by atoms with Crippen LogP contribution in [0.4, 0.5) is 17.1 Å². The highest BCUT2D eigenvalue weighted by Gasteiger charge is 2.39. The number of aromatic amines is 1. The number of aliphatic hydroxyl groups is 1. The Balaban J connectivity index is 0.00000289. The molecule has 12 heteroatoms. The summed E-state index contributed by atoms with van der Waals surface area (Å²) >= 11 is 0. The number of carbonyl (C=O) groups is 2. The second kappa shape index (κ2) is 9.64. The van der Waals surface area contributed by atoms with Gasteiger partial charge in [-0.2, -0.15) is 0 Å². The molecule has 2 aromatic carbocycles. The van der Waals surface area contributed by atoms with Crippen molar-refractivity contribution in [1.29, 1.82) is 0 Å². The Morgan fingerprint density at radius 1 is 1.19 bits per heavy atom. The van der Waals surface area contributed by atoms with Crippen molar-refractivity contribution >= 4 is 41.3 Å². The molecule has 0 saturated carbocycles. The first kappa shape index (κ1) is 23.0. The predicted octanol–water partition coefficient (Wildman–Crippen LogP) is 0.765. The number of nitrogen functional groups attached to an aromatic ring is 1. The van der Waals surface area contributed by atoms with Crippen LogP contribution in [-0.2, 0) is 14.3 Å². The number of hydrogen-bond donors (Lipinski definition) is 4. The molecule has 3 aromatic rings. The zero-order valence-corrected chi connectivity index (χ0v) is 17.4. The van der Waals surface area contributed by atoms with Crippen molar-refractivity contribution in [2.75, 3.05) is 29.1 Å². The summed E-state index contributed by atoms with van der Waals surface area (Å²) in [6.45, 7) is 0.453. The maximum absolute atomic E-state index is 12.8. The van der Waals surface area contributed by atoms with Crippen molar-refractivity contribution in [3.8, 4) is 11.4 Å². The van der Waals surface area contributed by atoms with Crippen LogP contribution in [0.2, 0.25) is 0 Å². The Bertz CT molecular complexity index is 1140. The average molecular weight is 462 g/mol. The quantitative estimate of drug-likeness (QED) is 0.404. The number of aliphatic hydroxyl groups excluding tert-OH is 1. The molecule has 0 unspecified atom stereocenters. The Morgan fingerprint density at radius 2 is 1.88 bits per heavy atom. The van der Waals surface area contributed by atoms with E-state index in [-0.39, 0.29) is 24.8 Å². The first-order valence-corrected chi connectivity index (χ1v) is 9.36. The number of nitrogens with zero attached hydrogens (tertiary/aromatic N) is 2. The van der Waals surface area contributed by atoms with Crippen LogP contribution in [0, 0.1) is 0 Å². The molecule has 2 heterocycles. The third-order valence-electron chi connectivity index (χ3n) is 4.75. The molecule has 0 aliphatic carbocycles. The molecule has 32 heavy (non-hydrogen) atoms. The zero-order chi connectivity index (χ0) is 22.0. The molecule has 1 saturated heterocycles. The van der Waals surface area contributed by atoms with Crippen molar-refractivity contribution < 1.29 is 24.0 Å². The van der Waals surface area contributed by atoms with E-state index in [4.69, 9.17) is 10.5 Å². The molecule has 0 radical (unpaired) electrons. The highest BCUT2D eigenvalue weighted by Crippen LogP contribution is 2.22. The van der Waals surface area contributed by atoms with Gasteiger partial charge in [0, 0.05) is 29.2 Å². The van der Waals surface area contributed by atoms with Gasteiger partial charge in [-0.25, -0.2) is 4.79 Å². The molecule has 1 fully saturated rings. The third kappa shape index (κ3) is 4.80. The number of amides is 2.